The maximum Gasteiger partial charge on any atom is 0.271 e. The fourth-order valence-electron chi connectivity index (χ4n) is 0.956. The van der Waals surface area contributed by atoms with Gasteiger partial charge in [-0.05, 0) is 19.9 Å². The fraction of sp³-hybridized carbons (Fsp3) is 0.333. The molecule has 0 saturated carbocycles. The molecule has 0 saturated heterocycles. The smallest absolute Gasteiger partial charge is 0.271 e. The van der Waals surface area contributed by atoms with Crippen molar-refractivity contribution in [2.24, 2.45) is 0 Å². The number of H-pyrrole nitrogens is 1. The zero-order chi connectivity index (χ0) is 10.7. The van der Waals surface area contributed by atoms with Gasteiger partial charge in [-0.2, -0.15) is 0 Å². The Balaban J connectivity index is 3.00. The highest BCUT2D eigenvalue weighted by molar-refractivity contribution is 5.92. The fourth-order valence-corrected chi connectivity index (χ4v) is 0.956. The highest BCUT2D eigenvalue weighted by Gasteiger charge is 2.12. The first-order valence-corrected chi connectivity index (χ1v) is 4.20. The second-order valence-electron chi connectivity index (χ2n) is 3.17. The van der Waals surface area contributed by atoms with Gasteiger partial charge in [0.25, 0.3) is 5.91 Å². The molecular formula is C9H11FN2O2. The number of hydrogen-bond acceptors (Lipinski definition) is 2. The molecule has 5 heteroatoms. The minimum Gasteiger partial charge on any atom is -0.349 e. The van der Waals surface area contributed by atoms with E-state index in [-0.39, 0.29) is 11.7 Å². The zero-order valence-corrected chi connectivity index (χ0v) is 7.93. The second kappa shape index (κ2) is 4.04. The van der Waals surface area contributed by atoms with Crippen LogP contribution in [0, 0.1) is 5.82 Å². The summed E-state index contributed by atoms with van der Waals surface area (Å²) in [6, 6.07) is 1.89. The van der Waals surface area contributed by atoms with E-state index in [1.54, 1.807) is 13.8 Å². The van der Waals surface area contributed by atoms with Crippen LogP contribution in [0.25, 0.3) is 0 Å². The van der Waals surface area contributed by atoms with Gasteiger partial charge in [-0.25, -0.2) is 4.39 Å². The number of carbonyl (C=O) groups excluding carboxylic acids is 1. The van der Waals surface area contributed by atoms with Crippen molar-refractivity contribution in [3.63, 3.8) is 0 Å². The number of nitrogens with one attached hydrogen (secondary N) is 2. The van der Waals surface area contributed by atoms with Crippen molar-refractivity contribution in [3.8, 4) is 0 Å². The van der Waals surface area contributed by atoms with E-state index in [1.165, 1.54) is 0 Å². The van der Waals surface area contributed by atoms with Crippen molar-refractivity contribution >= 4 is 5.91 Å². The van der Waals surface area contributed by atoms with E-state index in [1.807, 2.05) is 0 Å². The summed E-state index contributed by atoms with van der Waals surface area (Å²) in [6.45, 7) is 3.49. The van der Waals surface area contributed by atoms with Gasteiger partial charge in [0.15, 0.2) is 5.82 Å². The lowest BCUT2D eigenvalue weighted by Crippen LogP contribution is -2.32. The molecule has 0 bridgehead atoms. The molecule has 0 aliphatic carbocycles. The lowest BCUT2D eigenvalue weighted by atomic mass is 10.3. The van der Waals surface area contributed by atoms with Gasteiger partial charge in [0, 0.05) is 12.1 Å². The molecule has 76 valence electrons. The van der Waals surface area contributed by atoms with Crippen LogP contribution in [0.3, 0.4) is 0 Å². The number of hydrogen-bond donors (Lipinski definition) is 2. The number of rotatable bonds is 2. The minimum atomic E-state index is -0.734. The summed E-state index contributed by atoms with van der Waals surface area (Å²) in [6.07, 6.45) is 0. The first-order valence-electron chi connectivity index (χ1n) is 4.20. The van der Waals surface area contributed by atoms with E-state index < -0.39 is 17.3 Å². The van der Waals surface area contributed by atoms with Gasteiger partial charge in [0.05, 0.1) is 0 Å². The van der Waals surface area contributed by atoms with Crippen molar-refractivity contribution in [2.45, 2.75) is 19.9 Å². The first-order chi connectivity index (χ1) is 6.50. The highest BCUT2D eigenvalue weighted by Crippen LogP contribution is 2.00. The largest absolute Gasteiger partial charge is 0.349 e. The number of carbonyl (C=O) groups is 1. The summed E-state index contributed by atoms with van der Waals surface area (Å²) in [5, 5.41) is 2.48. The van der Waals surface area contributed by atoms with Gasteiger partial charge in [0.1, 0.15) is 5.69 Å². The van der Waals surface area contributed by atoms with Crippen molar-refractivity contribution in [3.05, 3.63) is 34.0 Å². The molecule has 0 aliphatic heterocycles. The van der Waals surface area contributed by atoms with E-state index >= 15 is 0 Å². The zero-order valence-electron chi connectivity index (χ0n) is 7.93. The molecule has 0 fully saturated rings. The Morgan fingerprint density at radius 2 is 2.14 bits per heavy atom. The lowest BCUT2D eigenvalue weighted by molar-refractivity contribution is 0.0933. The molecular weight excluding hydrogens is 187 g/mol. The van der Waals surface area contributed by atoms with E-state index in [2.05, 4.69) is 10.3 Å². The predicted molar refractivity (Wildman–Crippen MR) is 49.6 cm³/mol. The van der Waals surface area contributed by atoms with Crippen LogP contribution in [0.15, 0.2) is 16.9 Å². The molecule has 14 heavy (non-hydrogen) atoms. The molecule has 0 atom stereocenters. The lowest BCUT2D eigenvalue weighted by Gasteiger charge is -2.07. The molecule has 0 spiro atoms. The van der Waals surface area contributed by atoms with Gasteiger partial charge < -0.3 is 10.3 Å². The van der Waals surface area contributed by atoms with Crippen LogP contribution in [0.1, 0.15) is 24.3 Å². The van der Waals surface area contributed by atoms with Crippen molar-refractivity contribution < 1.29 is 9.18 Å². The van der Waals surface area contributed by atoms with E-state index in [0.29, 0.717) is 0 Å². The summed E-state index contributed by atoms with van der Waals surface area (Å²) in [5.74, 6) is -1.35. The predicted octanol–water partition coefficient (Wildman–Crippen LogP) is 0.652. The minimum absolute atomic E-state index is 0.106. The molecule has 0 radical (unpaired) electrons. The van der Waals surface area contributed by atoms with E-state index in [4.69, 9.17) is 0 Å². The number of aromatic nitrogens is 1. The van der Waals surface area contributed by atoms with Crippen LogP contribution in [-0.4, -0.2) is 16.9 Å². The summed E-state index contributed by atoms with van der Waals surface area (Å²) >= 11 is 0. The van der Waals surface area contributed by atoms with Crippen molar-refractivity contribution in [2.75, 3.05) is 0 Å². The molecule has 1 amide bonds. The maximum atomic E-state index is 13.0. The molecule has 1 aromatic heterocycles. The number of halogens is 1. The van der Waals surface area contributed by atoms with E-state index in [0.717, 1.165) is 12.1 Å². The summed E-state index contributed by atoms with van der Waals surface area (Å²) < 4.78 is 13.0. The molecule has 0 aromatic carbocycles. The quantitative estimate of drug-likeness (QED) is 0.733. The summed E-state index contributed by atoms with van der Waals surface area (Å²) in [7, 11) is 0. The van der Waals surface area contributed by atoms with Gasteiger partial charge >= 0.3 is 0 Å². The van der Waals surface area contributed by atoms with Crippen molar-refractivity contribution in [1.82, 2.24) is 10.3 Å². The SMILES string of the molecule is CC(C)NC(=O)c1[nH]c(=O)ccc1F. The van der Waals surface area contributed by atoms with Crippen LogP contribution in [0.2, 0.25) is 0 Å². The number of amides is 1. The Morgan fingerprint density at radius 1 is 1.50 bits per heavy atom. The first kappa shape index (κ1) is 10.4. The standard InChI is InChI=1S/C9H11FN2O2/c1-5(2)11-9(14)8-6(10)3-4-7(13)12-8/h3-5H,1-2H3,(H,11,14)(H,12,13). The molecule has 0 unspecified atom stereocenters. The van der Waals surface area contributed by atoms with Gasteiger partial charge in [-0.1, -0.05) is 0 Å². The van der Waals surface area contributed by atoms with Gasteiger partial charge in [0.2, 0.25) is 5.56 Å². The van der Waals surface area contributed by atoms with E-state index in [9.17, 15) is 14.0 Å². The van der Waals surface area contributed by atoms with Crippen LogP contribution in [0.5, 0.6) is 0 Å². The third-order valence-corrected chi connectivity index (χ3v) is 1.51. The van der Waals surface area contributed by atoms with Crippen LogP contribution < -0.4 is 10.9 Å². The van der Waals surface area contributed by atoms with Gasteiger partial charge in [-0.15, -0.1) is 0 Å². The molecule has 0 aliphatic rings. The third kappa shape index (κ3) is 2.42. The Bertz CT molecular complexity index is 398. The van der Waals surface area contributed by atoms with Crippen molar-refractivity contribution in [1.29, 1.82) is 0 Å². The molecule has 2 N–H and O–H groups in total. The Morgan fingerprint density at radius 3 is 2.71 bits per heavy atom. The topological polar surface area (TPSA) is 62.0 Å². The maximum absolute atomic E-state index is 13.0. The Hall–Kier alpha value is -1.65. The normalized spacial score (nSPS) is 10.3. The average molecular weight is 198 g/mol. The molecule has 4 nitrogen and oxygen atoms in total. The molecule has 1 heterocycles. The third-order valence-electron chi connectivity index (χ3n) is 1.51. The summed E-state index contributed by atoms with van der Waals surface area (Å²) in [4.78, 5) is 24.3. The summed E-state index contributed by atoms with van der Waals surface area (Å²) in [5.41, 5.74) is -0.827. The molecule has 1 aromatic rings. The highest BCUT2D eigenvalue weighted by atomic mass is 19.1. The van der Waals surface area contributed by atoms with Crippen LogP contribution in [-0.2, 0) is 0 Å². The monoisotopic (exact) mass is 198 g/mol. The molecule has 1 rings (SSSR count). The Kier molecular flexibility index (Phi) is 3.01. The van der Waals surface area contributed by atoms with Crippen LogP contribution in [0.4, 0.5) is 4.39 Å². The number of pyridine rings is 1. The number of aromatic amines is 1. The van der Waals surface area contributed by atoms with Gasteiger partial charge in [-0.3, -0.25) is 9.59 Å². The second-order valence-corrected chi connectivity index (χ2v) is 3.17. The average Bonchev–Trinajstić information content (AvgIpc) is 2.08. The Labute approximate surface area is 80.1 Å². The van der Waals surface area contributed by atoms with Crippen LogP contribution >= 0.6 is 0 Å².